The van der Waals surface area contributed by atoms with Crippen LogP contribution in [0.4, 0.5) is 22.7 Å². The predicted molar refractivity (Wildman–Crippen MR) is 238 cm³/mol. The largest absolute Gasteiger partial charge is 0.509 e. The second kappa shape index (κ2) is 14.2. The van der Waals surface area contributed by atoms with E-state index in [0.717, 1.165) is 66.6 Å². The number of para-hydroxylation sites is 3. The van der Waals surface area contributed by atoms with E-state index in [0.29, 0.717) is 11.5 Å². The van der Waals surface area contributed by atoms with Gasteiger partial charge in [-0.1, -0.05) is 95.6 Å². The van der Waals surface area contributed by atoms with E-state index in [2.05, 4.69) is 173 Å². The number of hydrogen-bond acceptors (Lipinski definition) is 5. The number of ether oxygens (including phenoxy) is 1. The van der Waals surface area contributed by atoms with Crippen LogP contribution in [0.5, 0.6) is 11.5 Å². The minimum absolute atomic E-state index is 0. The van der Waals surface area contributed by atoms with Gasteiger partial charge >= 0.3 is 0 Å². The molecule has 0 radical (unpaired) electrons. The van der Waals surface area contributed by atoms with Gasteiger partial charge < -0.3 is 23.5 Å². The van der Waals surface area contributed by atoms with E-state index < -0.39 is 0 Å². The standard InChI is InChI=1S/C52H45N4O2.Pt/c1-32-26-35(52(6,7)8)27-33(2)49(32)55-31-54(42-17-10-11-18-43(42)55)36-14-13-15-37(29-36)57-38-20-21-39-40-22-23-46-48(41-16-9-12-19-45(41)58-46)50(40)56(44(39)30-38)47-28-34(24-25-53-47)51(3,4)5;/h9-28,31H,1-8H3;/q-3;. The van der Waals surface area contributed by atoms with E-state index in [-0.39, 0.29) is 31.9 Å². The van der Waals surface area contributed by atoms with Crippen molar-refractivity contribution in [2.75, 3.05) is 9.80 Å². The van der Waals surface area contributed by atoms with Crippen LogP contribution in [-0.2, 0) is 31.9 Å². The quantitative estimate of drug-likeness (QED) is 0.161. The minimum atomic E-state index is -0.0637. The smallest absolute Gasteiger partial charge is 0.137 e. The zero-order valence-electron chi connectivity index (χ0n) is 34.5. The fourth-order valence-electron chi connectivity index (χ4n) is 8.52. The van der Waals surface area contributed by atoms with Crippen LogP contribution in [0.1, 0.15) is 63.8 Å². The molecule has 0 N–H and O–H groups in total. The van der Waals surface area contributed by atoms with Crippen molar-refractivity contribution in [3.8, 4) is 17.3 Å². The molecule has 0 amide bonds. The maximum Gasteiger partial charge on any atom is 0.137 e. The van der Waals surface area contributed by atoms with E-state index in [1.807, 2.05) is 36.5 Å². The molecule has 0 saturated heterocycles. The summed E-state index contributed by atoms with van der Waals surface area (Å²) < 4.78 is 15.3. The van der Waals surface area contributed by atoms with Crippen molar-refractivity contribution in [2.24, 2.45) is 0 Å². The molecular formula is C52H45N4O2Pt-3. The number of anilines is 4. The summed E-state index contributed by atoms with van der Waals surface area (Å²) in [6.45, 7) is 20.1. The molecule has 0 atom stereocenters. The molecule has 6 aromatic carbocycles. The molecule has 59 heavy (non-hydrogen) atoms. The minimum Gasteiger partial charge on any atom is -0.509 e. The Morgan fingerprint density at radius 2 is 1.31 bits per heavy atom. The van der Waals surface area contributed by atoms with Crippen LogP contribution in [0.2, 0.25) is 0 Å². The van der Waals surface area contributed by atoms with Gasteiger partial charge in [0.1, 0.15) is 17.0 Å². The van der Waals surface area contributed by atoms with Gasteiger partial charge in [-0.3, -0.25) is 0 Å². The van der Waals surface area contributed by atoms with Crippen molar-refractivity contribution in [1.29, 1.82) is 0 Å². The SMILES string of the molecule is Cc1cc(C(C)(C)C)cc(C)c1N1[CH-]N(c2[c-]c(Oc3[c-]c4c(cc3)c3ccc5oc6ccccc6c5c3n4-c3cc(C(C)(C)C)ccn3)ccc2)c2ccccc21.[Pt]. The van der Waals surface area contributed by atoms with Gasteiger partial charge in [0.15, 0.2) is 0 Å². The van der Waals surface area contributed by atoms with Gasteiger partial charge in [-0.15, -0.1) is 48.1 Å². The van der Waals surface area contributed by atoms with E-state index in [1.54, 1.807) is 0 Å². The molecule has 0 aliphatic carbocycles. The summed E-state index contributed by atoms with van der Waals surface area (Å²) >= 11 is 0. The third-order valence-electron chi connectivity index (χ3n) is 11.5. The maximum absolute atomic E-state index is 6.66. The Kier molecular flexibility index (Phi) is 9.28. The zero-order valence-corrected chi connectivity index (χ0v) is 36.8. The summed E-state index contributed by atoms with van der Waals surface area (Å²) in [5.41, 5.74) is 12.9. The normalized spacial score (nSPS) is 13.2. The molecule has 0 bridgehead atoms. The molecule has 6 nitrogen and oxygen atoms in total. The molecule has 1 aliphatic rings. The molecule has 3 aromatic heterocycles. The molecule has 0 fully saturated rings. The molecule has 0 spiro atoms. The molecule has 4 heterocycles. The van der Waals surface area contributed by atoms with Crippen LogP contribution < -0.4 is 14.5 Å². The van der Waals surface area contributed by atoms with Crippen molar-refractivity contribution in [2.45, 2.75) is 66.2 Å². The fraction of sp³-hybridized carbons (Fsp3) is 0.192. The van der Waals surface area contributed by atoms with Crippen molar-refractivity contribution in [3.05, 3.63) is 163 Å². The number of rotatable bonds is 5. The molecule has 7 heteroatoms. The summed E-state index contributed by atoms with van der Waals surface area (Å²) in [5, 5.41) is 4.27. The number of furan rings is 1. The summed E-state index contributed by atoms with van der Waals surface area (Å²) in [5.74, 6) is 2.00. The molecule has 0 unspecified atom stereocenters. The number of hydrogen-bond donors (Lipinski definition) is 0. The Bertz CT molecular complexity index is 3070. The first-order chi connectivity index (χ1) is 27.8. The third kappa shape index (κ3) is 6.49. The average Bonchev–Trinajstić information content (AvgIpc) is 3.87. The Morgan fingerprint density at radius 1 is 0.627 bits per heavy atom. The van der Waals surface area contributed by atoms with Crippen LogP contribution >= 0.6 is 0 Å². The van der Waals surface area contributed by atoms with Gasteiger partial charge in [-0.2, -0.15) is 12.1 Å². The van der Waals surface area contributed by atoms with E-state index in [9.17, 15) is 0 Å². The zero-order chi connectivity index (χ0) is 40.1. The molecule has 9 aromatic rings. The van der Waals surface area contributed by atoms with Crippen LogP contribution in [0.15, 0.2) is 126 Å². The Morgan fingerprint density at radius 3 is 2.05 bits per heavy atom. The van der Waals surface area contributed by atoms with E-state index in [1.165, 1.54) is 27.9 Å². The molecular weight excluding hydrogens is 908 g/mol. The topological polar surface area (TPSA) is 46.7 Å². The first kappa shape index (κ1) is 38.7. The number of pyridine rings is 1. The Hall–Kier alpha value is -5.84. The second-order valence-electron chi connectivity index (χ2n) is 17.6. The first-order valence-corrected chi connectivity index (χ1v) is 20.0. The average molecular weight is 953 g/mol. The van der Waals surface area contributed by atoms with Crippen molar-refractivity contribution in [3.63, 3.8) is 0 Å². The number of aryl methyl sites for hydroxylation is 2. The van der Waals surface area contributed by atoms with Crippen molar-refractivity contribution >= 4 is 66.5 Å². The fourth-order valence-corrected chi connectivity index (χ4v) is 8.52. The summed E-state index contributed by atoms with van der Waals surface area (Å²) in [6.07, 6.45) is 1.90. The van der Waals surface area contributed by atoms with Crippen molar-refractivity contribution < 1.29 is 30.2 Å². The van der Waals surface area contributed by atoms with Gasteiger partial charge in [0.25, 0.3) is 0 Å². The molecule has 298 valence electrons. The van der Waals surface area contributed by atoms with E-state index in [4.69, 9.17) is 14.1 Å². The second-order valence-corrected chi connectivity index (χ2v) is 17.6. The van der Waals surface area contributed by atoms with Gasteiger partial charge in [-0.05, 0) is 88.7 Å². The monoisotopic (exact) mass is 952 g/mol. The number of benzene rings is 6. The van der Waals surface area contributed by atoms with Crippen molar-refractivity contribution in [1.82, 2.24) is 9.55 Å². The predicted octanol–water partition coefficient (Wildman–Crippen LogP) is 14.1. The van der Waals surface area contributed by atoms with E-state index >= 15 is 0 Å². The molecule has 0 saturated carbocycles. The number of aromatic nitrogens is 2. The third-order valence-corrected chi connectivity index (χ3v) is 11.5. The Labute approximate surface area is 360 Å². The van der Waals surface area contributed by atoms with Gasteiger partial charge in [0, 0.05) is 61.2 Å². The summed E-state index contributed by atoms with van der Waals surface area (Å²) in [4.78, 5) is 9.46. The van der Waals surface area contributed by atoms with Gasteiger partial charge in [-0.25, -0.2) is 4.98 Å². The Balaban J connectivity index is 0.00000449. The summed E-state index contributed by atoms with van der Waals surface area (Å²) in [6, 6.07) is 47.3. The number of nitrogens with zero attached hydrogens (tertiary/aromatic N) is 4. The van der Waals surface area contributed by atoms with Crippen LogP contribution in [0, 0.1) is 32.6 Å². The molecule has 10 rings (SSSR count). The summed E-state index contributed by atoms with van der Waals surface area (Å²) in [7, 11) is 0. The maximum atomic E-state index is 6.66. The molecule has 1 aliphatic heterocycles. The van der Waals surface area contributed by atoms with Gasteiger partial charge in [0.2, 0.25) is 0 Å². The van der Waals surface area contributed by atoms with Crippen LogP contribution in [-0.4, -0.2) is 9.55 Å². The first-order valence-electron chi connectivity index (χ1n) is 20.0. The van der Waals surface area contributed by atoms with Gasteiger partial charge in [0.05, 0.1) is 10.9 Å². The van der Waals surface area contributed by atoms with Crippen LogP contribution in [0.25, 0.3) is 49.6 Å². The number of fused-ring (bicyclic) bond motifs is 8. The van der Waals surface area contributed by atoms with Crippen LogP contribution in [0.3, 0.4) is 0 Å².